The second-order valence-corrected chi connectivity index (χ2v) is 11.2. The van der Waals surface area contributed by atoms with Gasteiger partial charge in [0.2, 0.25) is 5.95 Å². The van der Waals surface area contributed by atoms with Gasteiger partial charge in [0.15, 0.2) is 0 Å². The fourth-order valence-electron chi connectivity index (χ4n) is 5.62. The fourth-order valence-corrected chi connectivity index (χ4v) is 5.62. The monoisotopic (exact) mass is 505 g/mol. The average molecular weight is 506 g/mol. The second kappa shape index (κ2) is 8.21. The predicted molar refractivity (Wildman–Crippen MR) is 136 cm³/mol. The van der Waals surface area contributed by atoms with Gasteiger partial charge in [-0.25, -0.2) is 14.1 Å². The van der Waals surface area contributed by atoms with E-state index < -0.39 is 23.2 Å². The number of fused-ring (bicyclic) bond motifs is 2. The van der Waals surface area contributed by atoms with E-state index in [-0.39, 0.29) is 16.7 Å². The number of aromatic nitrogens is 4. The smallest absolute Gasteiger partial charge is 0.262 e. The summed E-state index contributed by atoms with van der Waals surface area (Å²) in [5.41, 5.74) is 3.65. The first kappa shape index (κ1) is 23.8. The molecule has 2 unspecified atom stereocenters. The molecule has 3 aromatic heterocycles. The molecule has 2 atom stereocenters. The normalized spacial score (nSPS) is 21.2. The number of rotatable bonds is 4. The number of hydrogen-bond acceptors (Lipinski definition) is 4. The van der Waals surface area contributed by atoms with Gasteiger partial charge in [-0.2, -0.15) is 9.49 Å². The molecule has 1 aromatic carbocycles. The first-order chi connectivity index (χ1) is 17.6. The maximum absolute atomic E-state index is 15.0. The van der Waals surface area contributed by atoms with Crippen LogP contribution in [0.3, 0.4) is 0 Å². The highest BCUT2D eigenvalue weighted by Gasteiger charge is 2.57. The Bertz CT molecular complexity index is 1550. The third kappa shape index (κ3) is 3.83. The number of pyridine rings is 1. The van der Waals surface area contributed by atoms with Gasteiger partial charge < -0.3 is 14.5 Å². The molecule has 7 nitrogen and oxygen atoms in total. The van der Waals surface area contributed by atoms with E-state index in [2.05, 4.69) is 21.5 Å². The van der Waals surface area contributed by atoms with Crippen LogP contribution in [0.15, 0.2) is 43.0 Å². The van der Waals surface area contributed by atoms with Gasteiger partial charge in [0.05, 0.1) is 24.0 Å². The number of anilines is 1. The zero-order valence-electron chi connectivity index (χ0n) is 21.3. The molecule has 6 rings (SSSR count). The molecule has 1 saturated heterocycles. The molecule has 1 aliphatic heterocycles. The summed E-state index contributed by atoms with van der Waals surface area (Å²) in [6, 6.07) is 5.15. The van der Waals surface area contributed by atoms with Crippen LogP contribution in [0, 0.1) is 24.6 Å². The van der Waals surface area contributed by atoms with Crippen LogP contribution in [0.4, 0.5) is 14.5 Å². The standard InChI is InChI=1S/C28H29F2N5O2/c1-16-9-22(29)23(33-26(36)20-13-32-35(24(20)30)27(2,3)4)11-19(16)17-10-21(25-31-6-7-34(25)14-17)28-5-8-37-15-18(28)12-28/h6-7,9-11,13-14,18H,5,8,12,15H2,1-4H3,(H,33,36). The fraction of sp³-hybridized carbons (Fsp3) is 0.393. The van der Waals surface area contributed by atoms with Gasteiger partial charge in [-0.3, -0.25) is 4.79 Å². The number of aryl methyl sites for hydroxylation is 1. The molecule has 0 radical (unpaired) electrons. The van der Waals surface area contributed by atoms with E-state index in [9.17, 15) is 9.18 Å². The van der Waals surface area contributed by atoms with Crippen molar-refractivity contribution in [1.82, 2.24) is 19.2 Å². The third-order valence-corrected chi connectivity index (χ3v) is 7.73. The van der Waals surface area contributed by atoms with E-state index in [1.165, 1.54) is 17.8 Å². The Morgan fingerprint density at radius 1 is 1.24 bits per heavy atom. The molecule has 1 aliphatic carbocycles. The number of amides is 1. The molecule has 9 heteroatoms. The molecule has 0 spiro atoms. The van der Waals surface area contributed by atoms with Crippen molar-refractivity contribution in [2.45, 2.75) is 51.5 Å². The van der Waals surface area contributed by atoms with E-state index in [1.54, 1.807) is 33.0 Å². The van der Waals surface area contributed by atoms with Crippen molar-refractivity contribution in [2.24, 2.45) is 5.92 Å². The minimum Gasteiger partial charge on any atom is -0.381 e. The zero-order valence-corrected chi connectivity index (χ0v) is 21.3. The van der Waals surface area contributed by atoms with Gasteiger partial charge in [0.1, 0.15) is 17.0 Å². The summed E-state index contributed by atoms with van der Waals surface area (Å²) in [4.78, 5) is 17.5. The minimum atomic E-state index is -0.761. The summed E-state index contributed by atoms with van der Waals surface area (Å²) in [6.45, 7) is 8.66. The molecule has 4 aromatic rings. The lowest BCUT2D eigenvalue weighted by molar-refractivity contribution is 0.0804. The van der Waals surface area contributed by atoms with Crippen LogP contribution in [0.2, 0.25) is 0 Å². The summed E-state index contributed by atoms with van der Waals surface area (Å²) in [7, 11) is 0. The van der Waals surface area contributed by atoms with Crippen LogP contribution in [0.5, 0.6) is 0 Å². The van der Waals surface area contributed by atoms with Gasteiger partial charge in [0, 0.05) is 36.2 Å². The molecule has 4 heterocycles. The Kier molecular flexibility index (Phi) is 5.28. The number of carbonyl (C=O) groups excluding carboxylic acids is 1. The molecule has 1 amide bonds. The number of ether oxygens (including phenoxy) is 1. The average Bonchev–Trinajstić information content (AvgIpc) is 3.16. The molecular weight excluding hydrogens is 476 g/mol. The van der Waals surface area contributed by atoms with Crippen molar-refractivity contribution >= 4 is 17.2 Å². The summed E-state index contributed by atoms with van der Waals surface area (Å²) < 4.78 is 38.7. The highest BCUT2D eigenvalue weighted by molar-refractivity contribution is 6.04. The minimum absolute atomic E-state index is 0.0192. The Balaban J connectivity index is 1.39. The lowest BCUT2D eigenvalue weighted by Gasteiger charge is -2.24. The summed E-state index contributed by atoms with van der Waals surface area (Å²) >= 11 is 0. The number of nitrogens with zero attached hydrogens (tertiary/aromatic N) is 4. The molecule has 37 heavy (non-hydrogen) atoms. The largest absolute Gasteiger partial charge is 0.381 e. The first-order valence-corrected chi connectivity index (χ1v) is 12.5. The van der Waals surface area contributed by atoms with Gasteiger partial charge in [-0.1, -0.05) is 0 Å². The quantitative estimate of drug-likeness (QED) is 0.399. The van der Waals surface area contributed by atoms with Gasteiger partial charge in [-0.15, -0.1) is 0 Å². The van der Waals surface area contributed by atoms with Crippen LogP contribution < -0.4 is 5.32 Å². The lowest BCUT2D eigenvalue weighted by Crippen LogP contribution is -2.25. The number of hydrogen-bond donors (Lipinski definition) is 1. The Morgan fingerprint density at radius 3 is 2.78 bits per heavy atom. The molecular formula is C28H29F2N5O2. The van der Waals surface area contributed by atoms with E-state index in [0.29, 0.717) is 5.92 Å². The maximum Gasteiger partial charge on any atom is 0.262 e. The van der Waals surface area contributed by atoms with E-state index in [0.717, 1.165) is 53.1 Å². The lowest BCUT2D eigenvalue weighted by atomic mass is 9.87. The Hall–Kier alpha value is -3.59. The Labute approximate surface area is 213 Å². The maximum atomic E-state index is 15.0. The molecule has 192 valence electrons. The molecule has 2 fully saturated rings. The van der Waals surface area contributed by atoms with Crippen LogP contribution in [0.1, 0.15) is 55.1 Å². The van der Waals surface area contributed by atoms with E-state index in [1.807, 2.05) is 23.7 Å². The number of imidazole rings is 1. The molecule has 1 N–H and O–H groups in total. The van der Waals surface area contributed by atoms with Crippen molar-refractivity contribution in [3.63, 3.8) is 0 Å². The molecule has 1 saturated carbocycles. The van der Waals surface area contributed by atoms with Gasteiger partial charge in [-0.05, 0) is 81.3 Å². The molecule has 2 aliphatic rings. The summed E-state index contributed by atoms with van der Waals surface area (Å²) in [5.74, 6) is -1.63. The van der Waals surface area contributed by atoms with E-state index in [4.69, 9.17) is 4.74 Å². The highest BCUT2D eigenvalue weighted by atomic mass is 19.1. The van der Waals surface area contributed by atoms with Crippen LogP contribution >= 0.6 is 0 Å². The SMILES string of the molecule is Cc1cc(F)c(NC(=O)c2cnn(C(C)(C)C)c2F)cc1-c1cc(C23CCOCC2C3)c2nccn2c1. The zero-order chi connectivity index (χ0) is 26.1. The number of halogens is 2. The van der Waals surface area contributed by atoms with Crippen molar-refractivity contribution in [2.75, 3.05) is 18.5 Å². The molecule has 0 bridgehead atoms. The summed E-state index contributed by atoms with van der Waals surface area (Å²) in [6.07, 6.45) is 8.84. The summed E-state index contributed by atoms with van der Waals surface area (Å²) in [5, 5.41) is 6.56. The predicted octanol–water partition coefficient (Wildman–Crippen LogP) is 5.47. The Morgan fingerprint density at radius 2 is 2.05 bits per heavy atom. The first-order valence-electron chi connectivity index (χ1n) is 12.5. The van der Waals surface area contributed by atoms with Crippen LogP contribution in [0.25, 0.3) is 16.8 Å². The van der Waals surface area contributed by atoms with Crippen molar-refractivity contribution in [3.8, 4) is 11.1 Å². The number of carbonyl (C=O) groups is 1. The van der Waals surface area contributed by atoms with Crippen molar-refractivity contribution < 1.29 is 18.3 Å². The van der Waals surface area contributed by atoms with Crippen LogP contribution in [-0.2, 0) is 15.7 Å². The van der Waals surface area contributed by atoms with Gasteiger partial charge >= 0.3 is 0 Å². The number of nitrogens with one attached hydrogen (secondary N) is 1. The highest BCUT2D eigenvalue weighted by Crippen LogP contribution is 2.59. The van der Waals surface area contributed by atoms with E-state index >= 15 is 4.39 Å². The second-order valence-electron chi connectivity index (χ2n) is 11.2. The van der Waals surface area contributed by atoms with Gasteiger partial charge in [0.25, 0.3) is 5.91 Å². The van der Waals surface area contributed by atoms with Crippen molar-refractivity contribution in [1.29, 1.82) is 0 Å². The van der Waals surface area contributed by atoms with Crippen LogP contribution in [-0.4, -0.2) is 38.3 Å². The topological polar surface area (TPSA) is 73.5 Å². The number of benzene rings is 1. The van der Waals surface area contributed by atoms with Crippen molar-refractivity contribution in [3.05, 3.63) is 71.4 Å². The third-order valence-electron chi connectivity index (χ3n) is 7.73.